The van der Waals surface area contributed by atoms with Crippen LogP contribution in [0, 0.1) is 0 Å². The van der Waals surface area contributed by atoms with Crippen molar-refractivity contribution in [2.45, 2.75) is 57.9 Å². The molecule has 2 aromatic heterocycles. The van der Waals surface area contributed by atoms with Crippen molar-refractivity contribution < 1.29 is 0 Å². The maximum Gasteiger partial charge on any atom is 0.159 e. The number of fused-ring (bicyclic) bond motifs is 1. The van der Waals surface area contributed by atoms with Crippen LogP contribution in [0.25, 0.3) is 11.2 Å². The quantitative estimate of drug-likeness (QED) is 0.917. The van der Waals surface area contributed by atoms with Crippen molar-refractivity contribution in [3.8, 4) is 0 Å². The van der Waals surface area contributed by atoms with E-state index < -0.39 is 0 Å². The van der Waals surface area contributed by atoms with E-state index >= 15 is 0 Å². The van der Waals surface area contributed by atoms with Crippen molar-refractivity contribution in [3.05, 3.63) is 24.2 Å². The van der Waals surface area contributed by atoms with Crippen LogP contribution in [0.15, 0.2) is 18.3 Å². The largest absolute Gasteiger partial charge is 0.316 e. The highest BCUT2D eigenvalue weighted by molar-refractivity contribution is 5.71. The van der Waals surface area contributed by atoms with Crippen molar-refractivity contribution >= 4 is 11.2 Å². The molecule has 0 aromatic carbocycles. The maximum absolute atomic E-state index is 5.01. The first-order chi connectivity index (χ1) is 10.3. The Morgan fingerprint density at radius 3 is 2.95 bits per heavy atom. The fourth-order valence-electron chi connectivity index (χ4n) is 3.76. The second-order valence-electron chi connectivity index (χ2n) is 6.24. The van der Waals surface area contributed by atoms with Crippen molar-refractivity contribution in [2.75, 3.05) is 13.1 Å². The lowest BCUT2D eigenvalue weighted by Gasteiger charge is -2.37. The Hall–Kier alpha value is -1.42. The Morgan fingerprint density at radius 1 is 1.33 bits per heavy atom. The van der Waals surface area contributed by atoms with Crippen LogP contribution in [-0.2, 0) is 12.0 Å². The van der Waals surface area contributed by atoms with Crippen molar-refractivity contribution in [1.82, 2.24) is 19.9 Å². The highest BCUT2D eigenvalue weighted by Crippen LogP contribution is 2.36. The third kappa shape index (κ3) is 2.57. The summed E-state index contributed by atoms with van der Waals surface area (Å²) in [6.45, 7) is 7.70. The number of aryl methyl sites for hydroxylation is 1. The van der Waals surface area contributed by atoms with Crippen molar-refractivity contribution in [1.29, 1.82) is 0 Å². The lowest BCUT2D eigenvalue weighted by molar-refractivity contribution is 0.268. The van der Waals surface area contributed by atoms with Gasteiger partial charge in [0.15, 0.2) is 5.65 Å². The molecule has 0 saturated carbocycles. The van der Waals surface area contributed by atoms with Gasteiger partial charge in [-0.05, 0) is 44.4 Å². The second-order valence-corrected chi connectivity index (χ2v) is 6.24. The van der Waals surface area contributed by atoms with Crippen LogP contribution in [0.2, 0.25) is 0 Å². The Morgan fingerprint density at radius 2 is 2.24 bits per heavy atom. The zero-order valence-corrected chi connectivity index (χ0v) is 13.2. The summed E-state index contributed by atoms with van der Waals surface area (Å²) in [5, 5.41) is 3.60. The van der Waals surface area contributed by atoms with Gasteiger partial charge in [0.25, 0.3) is 0 Å². The fraction of sp³-hybridized carbons (Fsp3) is 0.647. The Kier molecular flexibility index (Phi) is 4.24. The first-order valence-electron chi connectivity index (χ1n) is 8.33. The van der Waals surface area contributed by atoms with E-state index in [1.807, 2.05) is 12.3 Å². The van der Waals surface area contributed by atoms with Gasteiger partial charge in [-0.25, -0.2) is 9.97 Å². The number of hydrogen-bond acceptors (Lipinski definition) is 3. The molecule has 2 aromatic rings. The van der Waals surface area contributed by atoms with Gasteiger partial charge in [-0.3, -0.25) is 0 Å². The zero-order valence-electron chi connectivity index (χ0n) is 13.2. The predicted octanol–water partition coefficient (Wildman–Crippen LogP) is 3.26. The molecule has 4 heteroatoms. The van der Waals surface area contributed by atoms with Crippen LogP contribution < -0.4 is 5.32 Å². The average Bonchev–Trinajstić information content (AvgIpc) is 2.89. The summed E-state index contributed by atoms with van der Waals surface area (Å²) in [5.74, 6) is 1.26. The molecular weight excluding hydrogens is 260 g/mol. The first kappa shape index (κ1) is 14.5. The Balaban J connectivity index is 2.13. The molecule has 0 spiro atoms. The van der Waals surface area contributed by atoms with E-state index in [4.69, 9.17) is 4.98 Å². The molecule has 1 atom stereocenters. The number of imidazole rings is 1. The summed E-state index contributed by atoms with van der Waals surface area (Å²) >= 11 is 0. The van der Waals surface area contributed by atoms with E-state index in [0.717, 1.165) is 37.2 Å². The summed E-state index contributed by atoms with van der Waals surface area (Å²) < 4.78 is 2.37. The molecule has 1 unspecified atom stereocenters. The normalized spacial score (nSPS) is 22.8. The number of pyridine rings is 1. The molecule has 4 nitrogen and oxygen atoms in total. The zero-order chi connectivity index (χ0) is 14.7. The molecule has 1 aliphatic rings. The van der Waals surface area contributed by atoms with Gasteiger partial charge in [-0.1, -0.05) is 20.3 Å². The van der Waals surface area contributed by atoms with E-state index in [2.05, 4.69) is 34.8 Å². The molecule has 0 radical (unpaired) electrons. The summed E-state index contributed by atoms with van der Waals surface area (Å²) in [7, 11) is 0. The monoisotopic (exact) mass is 286 g/mol. The minimum Gasteiger partial charge on any atom is -0.316 e. The Labute approximate surface area is 127 Å². The summed E-state index contributed by atoms with van der Waals surface area (Å²) in [6.07, 6.45) is 7.87. The molecule has 1 N–H and O–H groups in total. The van der Waals surface area contributed by atoms with Crippen LogP contribution in [0.3, 0.4) is 0 Å². The van der Waals surface area contributed by atoms with Crippen LogP contribution in [0.5, 0.6) is 0 Å². The molecule has 3 rings (SSSR count). The number of rotatable bonds is 5. The minimum absolute atomic E-state index is 0.183. The number of nitrogens with zero attached hydrogens (tertiary/aromatic N) is 3. The summed E-state index contributed by atoms with van der Waals surface area (Å²) in [5.41, 5.74) is 2.28. The molecule has 3 heterocycles. The molecule has 0 bridgehead atoms. The summed E-state index contributed by atoms with van der Waals surface area (Å²) in [6, 6.07) is 4.08. The minimum atomic E-state index is 0.183. The van der Waals surface area contributed by atoms with Gasteiger partial charge in [0.1, 0.15) is 11.3 Å². The maximum atomic E-state index is 5.01. The van der Waals surface area contributed by atoms with Crippen LogP contribution in [0.1, 0.15) is 51.8 Å². The molecule has 0 amide bonds. The highest BCUT2D eigenvalue weighted by atomic mass is 15.1. The molecule has 1 saturated heterocycles. The third-order valence-corrected chi connectivity index (χ3v) is 4.63. The predicted molar refractivity (Wildman–Crippen MR) is 86.5 cm³/mol. The average molecular weight is 286 g/mol. The number of piperidine rings is 1. The van der Waals surface area contributed by atoms with Gasteiger partial charge in [0.2, 0.25) is 0 Å². The SMILES string of the molecule is CCCn1c(C2(CCC)CCCNC2)nc2cccnc21. The van der Waals surface area contributed by atoms with Gasteiger partial charge >= 0.3 is 0 Å². The number of hydrogen-bond donors (Lipinski definition) is 1. The molecule has 21 heavy (non-hydrogen) atoms. The van der Waals surface area contributed by atoms with Crippen LogP contribution in [0.4, 0.5) is 0 Å². The van der Waals surface area contributed by atoms with E-state index in [0.29, 0.717) is 0 Å². The van der Waals surface area contributed by atoms with Crippen LogP contribution >= 0.6 is 0 Å². The van der Waals surface area contributed by atoms with Gasteiger partial charge in [-0.15, -0.1) is 0 Å². The summed E-state index contributed by atoms with van der Waals surface area (Å²) in [4.78, 5) is 9.59. The first-order valence-corrected chi connectivity index (χ1v) is 8.33. The lowest BCUT2D eigenvalue weighted by Crippen LogP contribution is -2.45. The van der Waals surface area contributed by atoms with Gasteiger partial charge in [0.05, 0.1) is 0 Å². The standard InChI is InChI=1S/C17H26N4/c1-3-8-17(9-6-10-18-13-17)16-20-14-7-5-11-19-15(14)21(16)12-4-2/h5,7,11,18H,3-4,6,8-10,12-13H2,1-2H3. The molecule has 1 fully saturated rings. The molecule has 0 aliphatic carbocycles. The smallest absolute Gasteiger partial charge is 0.159 e. The number of nitrogens with one attached hydrogen (secondary N) is 1. The van der Waals surface area contributed by atoms with Crippen LogP contribution in [-0.4, -0.2) is 27.6 Å². The second kappa shape index (κ2) is 6.14. The lowest BCUT2D eigenvalue weighted by atomic mass is 9.76. The van der Waals surface area contributed by atoms with E-state index in [9.17, 15) is 0 Å². The van der Waals surface area contributed by atoms with E-state index in [1.54, 1.807) is 0 Å². The third-order valence-electron chi connectivity index (χ3n) is 4.63. The number of aromatic nitrogens is 3. The van der Waals surface area contributed by atoms with Gasteiger partial charge in [-0.2, -0.15) is 0 Å². The molecular formula is C17H26N4. The van der Waals surface area contributed by atoms with E-state index in [1.165, 1.54) is 31.5 Å². The van der Waals surface area contributed by atoms with Gasteiger partial charge < -0.3 is 9.88 Å². The topological polar surface area (TPSA) is 42.7 Å². The van der Waals surface area contributed by atoms with Crippen molar-refractivity contribution in [3.63, 3.8) is 0 Å². The fourth-order valence-corrected chi connectivity index (χ4v) is 3.76. The molecule has 1 aliphatic heterocycles. The van der Waals surface area contributed by atoms with Gasteiger partial charge in [0, 0.05) is 24.7 Å². The van der Waals surface area contributed by atoms with Crippen molar-refractivity contribution in [2.24, 2.45) is 0 Å². The Bertz CT molecular complexity index is 590. The van der Waals surface area contributed by atoms with E-state index in [-0.39, 0.29) is 5.41 Å². The highest BCUT2D eigenvalue weighted by Gasteiger charge is 2.37. The molecule has 114 valence electrons.